The molecule has 2 fully saturated rings. The van der Waals surface area contributed by atoms with Gasteiger partial charge in [0.2, 0.25) is 12.2 Å². The average Bonchev–Trinajstić information content (AvgIpc) is 2.56. The highest BCUT2D eigenvalue weighted by Crippen LogP contribution is 2.45. The molecule has 2 aliphatic rings. The standard InChI is InChI=1S/C17H25N3O4/c1-17(24-16(18)23,12-2-6-14(7-3-12)19-10-21)13-4-8-15(9-5-13)20-11-22/h12-15H,2-9H2,1H3,(H2,18,23). The van der Waals surface area contributed by atoms with E-state index in [4.69, 9.17) is 10.5 Å². The van der Waals surface area contributed by atoms with Gasteiger partial charge in [0, 0.05) is 0 Å². The molecule has 0 saturated heterocycles. The van der Waals surface area contributed by atoms with E-state index < -0.39 is 11.7 Å². The van der Waals surface area contributed by atoms with E-state index in [1.54, 1.807) is 12.2 Å². The Morgan fingerprint density at radius 3 is 1.58 bits per heavy atom. The predicted molar refractivity (Wildman–Crippen MR) is 86.8 cm³/mol. The molecule has 1 amide bonds. The highest BCUT2D eigenvalue weighted by atomic mass is 16.6. The molecule has 0 radical (unpaired) electrons. The lowest BCUT2D eigenvalue weighted by Crippen LogP contribution is -2.50. The van der Waals surface area contributed by atoms with Gasteiger partial charge in [-0.2, -0.15) is 0 Å². The first-order chi connectivity index (χ1) is 11.5. The van der Waals surface area contributed by atoms with Crippen molar-refractivity contribution < 1.29 is 19.1 Å². The van der Waals surface area contributed by atoms with Crippen molar-refractivity contribution in [1.29, 1.82) is 0 Å². The monoisotopic (exact) mass is 335 g/mol. The van der Waals surface area contributed by atoms with Gasteiger partial charge in [-0.3, -0.25) is 0 Å². The van der Waals surface area contributed by atoms with Crippen LogP contribution in [0.4, 0.5) is 4.79 Å². The molecule has 7 heteroatoms. The van der Waals surface area contributed by atoms with Crippen LogP contribution in [0.1, 0.15) is 58.3 Å². The van der Waals surface area contributed by atoms with Crippen LogP contribution >= 0.6 is 0 Å². The lowest BCUT2D eigenvalue weighted by Gasteiger charge is -2.46. The van der Waals surface area contributed by atoms with Gasteiger partial charge in [-0.1, -0.05) is 0 Å². The number of carbonyl (C=O) groups is 1. The van der Waals surface area contributed by atoms with Crippen molar-refractivity contribution in [2.75, 3.05) is 0 Å². The molecule has 132 valence electrons. The molecule has 2 saturated carbocycles. The van der Waals surface area contributed by atoms with Crippen LogP contribution in [0.25, 0.3) is 0 Å². The van der Waals surface area contributed by atoms with E-state index in [1.807, 2.05) is 6.92 Å². The molecule has 24 heavy (non-hydrogen) atoms. The summed E-state index contributed by atoms with van der Waals surface area (Å²) in [6.07, 6.45) is 9.04. The molecule has 0 bridgehead atoms. The number of ether oxygens (including phenoxy) is 1. The van der Waals surface area contributed by atoms with Gasteiger partial charge in [0.05, 0.1) is 12.1 Å². The van der Waals surface area contributed by atoms with Gasteiger partial charge < -0.3 is 10.5 Å². The van der Waals surface area contributed by atoms with Crippen molar-refractivity contribution in [2.45, 2.75) is 76.0 Å². The third-order valence-corrected chi connectivity index (χ3v) is 5.81. The fourth-order valence-corrected chi connectivity index (χ4v) is 4.42. The minimum atomic E-state index is -0.751. The van der Waals surface area contributed by atoms with Crippen LogP contribution in [0, 0.1) is 11.8 Å². The maximum absolute atomic E-state index is 11.5. The summed E-state index contributed by atoms with van der Waals surface area (Å²) in [6, 6.07) is 0.0449. The smallest absolute Gasteiger partial charge is 0.405 e. The molecular weight excluding hydrogens is 310 g/mol. The number of hydrogen-bond acceptors (Lipinski definition) is 6. The molecule has 0 spiro atoms. The summed E-state index contributed by atoms with van der Waals surface area (Å²) in [5.74, 6) is 0.387. The van der Waals surface area contributed by atoms with Crippen LogP contribution < -0.4 is 5.73 Å². The first kappa shape index (κ1) is 18.4. The number of carbonyl (C=O) groups excluding carboxylic acids is 3. The van der Waals surface area contributed by atoms with Crippen LogP contribution in [0.3, 0.4) is 0 Å². The summed E-state index contributed by atoms with van der Waals surface area (Å²) >= 11 is 0. The van der Waals surface area contributed by atoms with Gasteiger partial charge in [0.15, 0.2) is 0 Å². The normalized spacial score (nSPS) is 32.5. The lowest BCUT2D eigenvalue weighted by molar-refractivity contribution is -0.0834. The Kier molecular flexibility index (Phi) is 6.29. The van der Waals surface area contributed by atoms with Crippen molar-refractivity contribution >= 4 is 18.3 Å². The summed E-state index contributed by atoms with van der Waals surface area (Å²) in [4.78, 5) is 40.0. The average molecular weight is 335 g/mol. The van der Waals surface area contributed by atoms with Crippen molar-refractivity contribution in [3.63, 3.8) is 0 Å². The maximum atomic E-state index is 11.5. The molecule has 0 heterocycles. The number of hydrogen-bond donors (Lipinski definition) is 1. The number of nitrogens with zero attached hydrogens (tertiary/aromatic N) is 2. The SMILES string of the molecule is CC(OC(N)=O)(C1CCC(N=C=O)CC1)C1CCC(N=C=O)CC1. The third kappa shape index (κ3) is 4.31. The minimum absolute atomic E-state index is 0.0224. The highest BCUT2D eigenvalue weighted by molar-refractivity contribution is 5.65. The molecule has 2 rings (SSSR count). The summed E-state index contributed by atoms with van der Waals surface area (Å²) in [5, 5.41) is 0. The molecule has 0 atom stereocenters. The van der Waals surface area contributed by atoms with Crippen LogP contribution in [-0.2, 0) is 14.3 Å². The first-order valence-corrected chi connectivity index (χ1v) is 8.62. The second-order valence-corrected chi connectivity index (χ2v) is 7.06. The molecule has 2 aliphatic carbocycles. The highest BCUT2D eigenvalue weighted by Gasteiger charge is 2.46. The Balaban J connectivity index is 2.08. The van der Waals surface area contributed by atoms with E-state index in [2.05, 4.69) is 9.98 Å². The molecule has 0 aliphatic heterocycles. The van der Waals surface area contributed by atoms with E-state index >= 15 is 0 Å². The van der Waals surface area contributed by atoms with Gasteiger partial charge in [0.1, 0.15) is 5.60 Å². The minimum Gasteiger partial charge on any atom is -0.443 e. The third-order valence-electron chi connectivity index (χ3n) is 5.81. The van der Waals surface area contributed by atoms with Crippen LogP contribution in [-0.4, -0.2) is 35.9 Å². The zero-order valence-electron chi connectivity index (χ0n) is 14.1. The van der Waals surface area contributed by atoms with Crippen LogP contribution in [0.2, 0.25) is 0 Å². The molecule has 0 aromatic rings. The number of nitrogens with two attached hydrogens (primary N) is 1. The zero-order chi connectivity index (χ0) is 17.6. The van der Waals surface area contributed by atoms with Crippen molar-refractivity contribution in [1.82, 2.24) is 0 Å². The molecular formula is C17H25N3O4. The summed E-state index contributed by atoms with van der Waals surface area (Å²) in [5.41, 5.74) is 4.71. The summed E-state index contributed by atoms with van der Waals surface area (Å²) in [6.45, 7) is 1.97. The van der Waals surface area contributed by atoms with Gasteiger partial charge in [-0.25, -0.2) is 24.4 Å². The van der Waals surface area contributed by atoms with Crippen molar-refractivity contribution in [3.05, 3.63) is 0 Å². The van der Waals surface area contributed by atoms with Crippen LogP contribution in [0.5, 0.6) is 0 Å². The van der Waals surface area contributed by atoms with E-state index in [0.717, 1.165) is 51.4 Å². The van der Waals surface area contributed by atoms with Crippen molar-refractivity contribution in [2.24, 2.45) is 27.6 Å². The van der Waals surface area contributed by atoms with E-state index in [-0.39, 0.29) is 23.9 Å². The summed E-state index contributed by atoms with van der Waals surface area (Å²) in [7, 11) is 0. The summed E-state index contributed by atoms with van der Waals surface area (Å²) < 4.78 is 5.63. The molecule has 2 N–H and O–H groups in total. The van der Waals surface area contributed by atoms with Gasteiger partial charge >= 0.3 is 6.09 Å². The Hall–Kier alpha value is -1.97. The molecule has 0 aromatic carbocycles. The van der Waals surface area contributed by atoms with Crippen molar-refractivity contribution in [3.8, 4) is 0 Å². The maximum Gasteiger partial charge on any atom is 0.405 e. The largest absolute Gasteiger partial charge is 0.443 e. The number of aliphatic imine (C=N–C) groups is 2. The fraction of sp³-hybridized carbons (Fsp3) is 0.824. The second-order valence-electron chi connectivity index (χ2n) is 7.06. The molecule has 0 unspecified atom stereocenters. The quantitative estimate of drug-likeness (QED) is 0.615. The topological polar surface area (TPSA) is 111 Å². The fourth-order valence-electron chi connectivity index (χ4n) is 4.42. The van der Waals surface area contributed by atoms with Crippen LogP contribution in [0.15, 0.2) is 9.98 Å². The number of primary amides is 1. The van der Waals surface area contributed by atoms with Gasteiger partial charge in [-0.05, 0) is 70.1 Å². The number of isocyanates is 2. The Morgan fingerprint density at radius 2 is 1.29 bits per heavy atom. The Labute approximate surface area is 141 Å². The Morgan fingerprint density at radius 1 is 0.917 bits per heavy atom. The predicted octanol–water partition coefficient (Wildman–Crippen LogP) is 2.63. The number of amides is 1. The second kappa shape index (κ2) is 8.22. The van der Waals surface area contributed by atoms with Gasteiger partial charge in [-0.15, -0.1) is 0 Å². The molecule has 0 aromatic heterocycles. The first-order valence-electron chi connectivity index (χ1n) is 8.62. The van der Waals surface area contributed by atoms with E-state index in [0.29, 0.717) is 0 Å². The van der Waals surface area contributed by atoms with E-state index in [1.165, 1.54) is 0 Å². The lowest BCUT2D eigenvalue weighted by atomic mass is 9.66. The zero-order valence-corrected chi connectivity index (χ0v) is 14.1. The Bertz CT molecular complexity index is 498. The molecule has 7 nitrogen and oxygen atoms in total. The number of rotatable bonds is 5. The van der Waals surface area contributed by atoms with E-state index in [9.17, 15) is 14.4 Å². The van der Waals surface area contributed by atoms with Gasteiger partial charge in [0.25, 0.3) is 0 Å².